The standard InChI is InChI=1S/C12H8Cl2N4/c1-6-3-2-4-8(15-6)11-16-9-5-7(13)10(14)17-12(9)18-11/h2-5H,1H3,(H,16,17,18). The molecule has 0 fully saturated rings. The van der Waals surface area contributed by atoms with Gasteiger partial charge in [-0.05, 0) is 25.1 Å². The lowest BCUT2D eigenvalue weighted by Crippen LogP contribution is -1.87. The molecule has 18 heavy (non-hydrogen) atoms. The van der Waals surface area contributed by atoms with Gasteiger partial charge >= 0.3 is 0 Å². The second-order valence-electron chi connectivity index (χ2n) is 3.88. The number of halogens is 2. The van der Waals surface area contributed by atoms with E-state index in [1.807, 2.05) is 25.1 Å². The monoisotopic (exact) mass is 278 g/mol. The SMILES string of the molecule is Cc1cccc(-c2nc3nc(Cl)c(Cl)cc3[nH]2)n1. The number of hydrogen-bond donors (Lipinski definition) is 1. The molecule has 0 aliphatic rings. The minimum Gasteiger partial charge on any atom is -0.335 e. The van der Waals surface area contributed by atoms with Gasteiger partial charge in [0.1, 0.15) is 10.8 Å². The summed E-state index contributed by atoms with van der Waals surface area (Å²) in [5, 5.41) is 0.649. The summed E-state index contributed by atoms with van der Waals surface area (Å²) in [6.45, 7) is 1.93. The molecule has 3 rings (SSSR count). The van der Waals surface area contributed by atoms with Crippen molar-refractivity contribution in [3.63, 3.8) is 0 Å². The molecule has 0 aliphatic heterocycles. The first-order valence-electron chi connectivity index (χ1n) is 5.29. The molecule has 3 aromatic heterocycles. The predicted molar refractivity (Wildman–Crippen MR) is 71.9 cm³/mol. The molecular weight excluding hydrogens is 271 g/mol. The van der Waals surface area contributed by atoms with Gasteiger partial charge in [-0.25, -0.2) is 15.0 Å². The molecule has 0 atom stereocenters. The number of rotatable bonds is 1. The van der Waals surface area contributed by atoms with Crippen LogP contribution >= 0.6 is 23.2 Å². The van der Waals surface area contributed by atoms with Gasteiger partial charge in [0.2, 0.25) is 0 Å². The molecule has 0 spiro atoms. The summed E-state index contributed by atoms with van der Waals surface area (Å²) in [5.41, 5.74) is 2.96. The number of pyridine rings is 2. The maximum absolute atomic E-state index is 5.91. The Balaban J connectivity index is 2.19. The van der Waals surface area contributed by atoms with Crippen LogP contribution in [0, 0.1) is 6.92 Å². The Hall–Kier alpha value is -1.65. The summed E-state index contributed by atoms with van der Waals surface area (Å²) in [6.07, 6.45) is 0. The van der Waals surface area contributed by atoms with E-state index in [0.29, 0.717) is 16.5 Å². The largest absolute Gasteiger partial charge is 0.335 e. The quantitative estimate of drug-likeness (QED) is 0.692. The Bertz CT molecular complexity index is 697. The highest BCUT2D eigenvalue weighted by Gasteiger charge is 2.10. The van der Waals surface area contributed by atoms with E-state index in [0.717, 1.165) is 16.9 Å². The average molecular weight is 279 g/mol. The number of fused-ring (bicyclic) bond motifs is 1. The number of imidazole rings is 1. The summed E-state index contributed by atoms with van der Waals surface area (Å²) in [5.74, 6) is 0.652. The van der Waals surface area contributed by atoms with Crippen molar-refractivity contribution < 1.29 is 0 Å². The van der Waals surface area contributed by atoms with Crippen molar-refractivity contribution in [1.82, 2.24) is 19.9 Å². The molecule has 0 amide bonds. The Morgan fingerprint density at radius 2 is 1.94 bits per heavy atom. The van der Waals surface area contributed by atoms with E-state index in [1.54, 1.807) is 6.07 Å². The van der Waals surface area contributed by atoms with E-state index in [9.17, 15) is 0 Å². The number of nitrogens with zero attached hydrogens (tertiary/aromatic N) is 3. The predicted octanol–water partition coefficient (Wildman–Crippen LogP) is 3.64. The highest BCUT2D eigenvalue weighted by molar-refractivity contribution is 6.41. The van der Waals surface area contributed by atoms with Crippen LogP contribution in [0.5, 0.6) is 0 Å². The van der Waals surface area contributed by atoms with Crippen molar-refractivity contribution in [2.24, 2.45) is 0 Å². The fourth-order valence-electron chi connectivity index (χ4n) is 1.69. The van der Waals surface area contributed by atoms with Crippen LogP contribution in [-0.4, -0.2) is 19.9 Å². The fraction of sp³-hybridized carbons (Fsp3) is 0.0833. The molecule has 0 saturated carbocycles. The molecule has 0 bridgehead atoms. The Morgan fingerprint density at radius 1 is 1.11 bits per heavy atom. The van der Waals surface area contributed by atoms with Crippen molar-refractivity contribution in [2.45, 2.75) is 6.92 Å². The van der Waals surface area contributed by atoms with E-state index in [4.69, 9.17) is 23.2 Å². The molecule has 0 aliphatic carbocycles. The van der Waals surface area contributed by atoms with E-state index >= 15 is 0 Å². The van der Waals surface area contributed by atoms with Gasteiger partial charge in [0.05, 0.1) is 10.5 Å². The fourth-order valence-corrected chi connectivity index (χ4v) is 1.98. The molecule has 90 valence electrons. The molecular formula is C12H8Cl2N4. The Morgan fingerprint density at radius 3 is 2.72 bits per heavy atom. The Kier molecular flexibility index (Phi) is 2.69. The van der Waals surface area contributed by atoms with Crippen molar-refractivity contribution in [2.75, 3.05) is 0 Å². The van der Waals surface area contributed by atoms with Crippen LogP contribution in [0.25, 0.3) is 22.7 Å². The zero-order chi connectivity index (χ0) is 12.7. The van der Waals surface area contributed by atoms with Crippen molar-refractivity contribution >= 4 is 34.4 Å². The molecule has 0 saturated heterocycles. The van der Waals surface area contributed by atoms with Crippen LogP contribution in [0.3, 0.4) is 0 Å². The molecule has 4 nitrogen and oxygen atoms in total. The minimum atomic E-state index is 0.249. The van der Waals surface area contributed by atoms with Crippen molar-refractivity contribution in [3.8, 4) is 11.5 Å². The summed E-state index contributed by atoms with van der Waals surface area (Å²) in [6, 6.07) is 7.45. The zero-order valence-corrected chi connectivity index (χ0v) is 10.9. The average Bonchev–Trinajstić information content (AvgIpc) is 2.73. The maximum atomic E-state index is 5.91. The number of aryl methyl sites for hydroxylation is 1. The molecule has 0 unspecified atom stereocenters. The lowest BCUT2D eigenvalue weighted by atomic mass is 10.3. The summed E-state index contributed by atoms with van der Waals surface area (Å²) in [4.78, 5) is 16.0. The van der Waals surface area contributed by atoms with Gasteiger partial charge in [-0.1, -0.05) is 29.3 Å². The highest BCUT2D eigenvalue weighted by Crippen LogP contribution is 2.25. The second-order valence-corrected chi connectivity index (χ2v) is 4.65. The third-order valence-electron chi connectivity index (χ3n) is 2.51. The molecule has 3 aromatic rings. The first-order chi connectivity index (χ1) is 8.63. The van der Waals surface area contributed by atoms with E-state index in [2.05, 4.69) is 19.9 Å². The highest BCUT2D eigenvalue weighted by atomic mass is 35.5. The smallest absolute Gasteiger partial charge is 0.179 e. The third-order valence-corrected chi connectivity index (χ3v) is 3.19. The van der Waals surface area contributed by atoms with Crippen LogP contribution in [0.1, 0.15) is 5.69 Å². The number of nitrogens with one attached hydrogen (secondary N) is 1. The number of aromatic amines is 1. The van der Waals surface area contributed by atoms with Crippen molar-refractivity contribution in [3.05, 3.63) is 40.1 Å². The maximum Gasteiger partial charge on any atom is 0.179 e. The lowest BCUT2D eigenvalue weighted by Gasteiger charge is -1.96. The van der Waals surface area contributed by atoms with Crippen LogP contribution in [0.15, 0.2) is 24.3 Å². The van der Waals surface area contributed by atoms with E-state index in [-0.39, 0.29) is 5.15 Å². The number of hydrogen-bond acceptors (Lipinski definition) is 3. The van der Waals surface area contributed by atoms with Gasteiger partial charge in [-0.15, -0.1) is 0 Å². The first kappa shape index (κ1) is 11.4. The van der Waals surface area contributed by atoms with E-state index in [1.165, 1.54) is 0 Å². The summed E-state index contributed by atoms with van der Waals surface area (Å²) in [7, 11) is 0. The van der Waals surface area contributed by atoms with Crippen LogP contribution in [0.4, 0.5) is 0 Å². The summed E-state index contributed by atoms with van der Waals surface area (Å²) < 4.78 is 0. The van der Waals surface area contributed by atoms with Gasteiger partial charge in [-0.2, -0.15) is 0 Å². The third kappa shape index (κ3) is 1.94. The van der Waals surface area contributed by atoms with Crippen LogP contribution < -0.4 is 0 Å². The number of aromatic nitrogens is 4. The molecule has 6 heteroatoms. The Labute approximate surface area is 113 Å². The van der Waals surface area contributed by atoms with Crippen LogP contribution in [-0.2, 0) is 0 Å². The first-order valence-corrected chi connectivity index (χ1v) is 6.05. The van der Waals surface area contributed by atoms with E-state index < -0.39 is 0 Å². The lowest BCUT2D eigenvalue weighted by molar-refractivity contribution is 1.16. The van der Waals surface area contributed by atoms with Gasteiger partial charge in [0.25, 0.3) is 0 Å². The van der Waals surface area contributed by atoms with Gasteiger partial charge in [-0.3, -0.25) is 0 Å². The topological polar surface area (TPSA) is 54.5 Å². The van der Waals surface area contributed by atoms with Crippen molar-refractivity contribution in [1.29, 1.82) is 0 Å². The molecule has 1 N–H and O–H groups in total. The van der Waals surface area contributed by atoms with Gasteiger partial charge < -0.3 is 4.98 Å². The molecule has 0 aromatic carbocycles. The molecule has 3 heterocycles. The second kappa shape index (κ2) is 4.23. The number of H-pyrrole nitrogens is 1. The zero-order valence-electron chi connectivity index (χ0n) is 9.41. The van der Waals surface area contributed by atoms with Gasteiger partial charge in [0, 0.05) is 5.69 Å². The summed E-state index contributed by atoms with van der Waals surface area (Å²) >= 11 is 11.8. The van der Waals surface area contributed by atoms with Gasteiger partial charge in [0.15, 0.2) is 11.5 Å². The van der Waals surface area contributed by atoms with Crippen LogP contribution in [0.2, 0.25) is 10.2 Å². The molecule has 0 radical (unpaired) electrons. The minimum absolute atomic E-state index is 0.249. The normalized spacial score (nSPS) is 11.1.